The number of amides is 1. The molecule has 0 saturated heterocycles. The third-order valence-corrected chi connectivity index (χ3v) is 3.85. The molecule has 0 aliphatic heterocycles. The molecule has 1 aromatic rings. The molecular formula is C14H19BrFNO2. The van der Waals surface area contributed by atoms with E-state index >= 15 is 0 Å². The fourth-order valence-corrected chi connectivity index (χ4v) is 2.31. The minimum Gasteiger partial charge on any atom is -0.391 e. The van der Waals surface area contributed by atoms with Gasteiger partial charge in [-0.2, -0.15) is 0 Å². The smallest absolute Gasteiger partial charge is 0.251 e. The Balaban J connectivity index is 2.58. The number of nitrogens with one attached hydrogen (secondary N) is 1. The molecule has 0 aromatic heterocycles. The molecule has 0 saturated carbocycles. The quantitative estimate of drug-likeness (QED) is 0.841. The molecule has 1 amide bonds. The Hall–Kier alpha value is -0.940. The standard InChI is InChI=1S/C14H19BrFNO2/c1-3-9(4-2)13(18)8-17-14(19)10-5-6-12(16)11(15)7-10/h5-7,9,13,18H,3-4,8H2,1-2H3,(H,17,19). The first-order valence-electron chi connectivity index (χ1n) is 6.40. The topological polar surface area (TPSA) is 49.3 Å². The number of carbonyl (C=O) groups excluding carboxylic acids is 1. The van der Waals surface area contributed by atoms with Gasteiger partial charge in [-0.15, -0.1) is 0 Å². The highest BCUT2D eigenvalue weighted by Crippen LogP contribution is 2.17. The van der Waals surface area contributed by atoms with Crippen molar-refractivity contribution in [2.75, 3.05) is 6.54 Å². The van der Waals surface area contributed by atoms with Crippen LogP contribution in [0.2, 0.25) is 0 Å². The number of aliphatic hydroxyl groups is 1. The molecule has 2 N–H and O–H groups in total. The van der Waals surface area contributed by atoms with Crippen LogP contribution in [0.4, 0.5) is 4.39 Å². The molecule has 0 heterocycles. The fourth-order valence-electron chi connectivity index (χ4n) is 1.94. The maximum atomic E-state index is 13.1. The van der Waals surface area contributed by atoms with E-state index in [2.05, 4.69) is 21.2 Å². The summed E-state index contributed by atoms with van der Waals surface area (Å²) in [5, 5.41) is 12.6. The van der Waals surface area contributed by atoms with Crippen LogP contribution in [0.3, 0.4) is 0 Å². The van der Waals surface area contributed by atoms with Crippen molar-refractivity contribution in [1.82, 2.24) is 5.32 Å². The lowest BCUT2D eigenvalue weighted by Crippen LogP contribution is -2.36. The van der Waals surface area contributed by atoms with Gasteiger partial charge in [0.2, 0.25) is 0 Å². The van der Waals surface area contributed by atoms with E-state index < -0.39 is 11.9 Å². The summed E-state index contributed by atoms with van der Waals surface area (Å²) >= 11 is 3.04. The molecule has 1 atom stereocenters. The van der Waals surface area contributed by atoms with E-state index in [1.807, 2.05) is 13.8 Å². The second-order valence-corrected chi connectivity index (χ2v) is 5.34. The van der Waals surface area contributed by atoms with Crippen LogP contribution >= 0.6 is 15.9 Å². The lowest BCUT2D eigenvalue weighted by molar-refractivity contribution is 0.0816. The predicted molar refractivity (Wildman–Crippen MR) is 76.5 cm³/mol. The highest BCUT2D eigenvalue weighted by atomic mass is 79.9. The molecule has 0 fully saturated rings. The van der Waals surface area contributed by atoms with Crippen LogP contribution in [0, 0.1) is 11.7 Å². The van der Waals surface area contributed by atoms with Gasteiger partial charge in [0.25, 0.3) is 5.91 Å². The lowest BCUT2D eigenvalue weighted by Gasteiger charge is -2.20. The average molecular weight is 332 g/mol. The Morgan fingerprint density at radius 2 is 2.05 bits per heavy atom. The molecule has 0 radical (unpaired) electrons. The summed E-state index contributed by atoms with van der Waals surface area (Å²) < 4.78 is 13.3. The second kappa shape index (κ2) is 7.60. The zero-order valence-corrected chi connectivity index (χ0v) is 12.7. The molecule has 19 heavy (non-hydrogen) atoms. The molecule has 5 heteroatoms. The summed E-state index contributed by atoms with van der Waals surface area (Å²) in [5.41, 5.74) is 0.366. The van der Waals surface area contributed by atoms with E-state index in [0.717, 1.165) is 12.8 Å². The molecule has 1 unspecified atom stereocenters. The average Bonchev–Trinajstić information content (AvgIpc) is 2.40. The van der Waals surface area contributed by atoms with Crippen molar-refractivity contribution in [1.29, 1.82) is 0 Å². The normalized spacial score (nSPS) is 12.5. The van der Waals surface area contributed by atoms with Gasteiger partial charge in [-0.3, -0.25) is 4.79 Å². The SMILES string of the molecule is CCC(CC)C(O)CNC(=O)c1ccc(F)c(Br)c1. The Labute approximate surface area is 121 Å². The van der Waals surface area contributed by atoms with E-state index in [-0.39, 0.29) is 22.8 Å². The molecule has 3 nitrogen and oxygen atoms in total. The molecule has 0 spiro atoms. The Morgan fingerprint density at radius 1 is 1.42 bits per heavy atom. The van der Waals surface area contributed by atoms with Crippen molar-refractivity contribution in [2.45, 2.75) is 32.8 Å². The van der Waals surface area contributed by atoms with Crippen LogP contribution in [-0.2, 0) is 0 Å². The second-order valence-electron chi connectivity index (χ2n) is 4.48. The number of rotatable bonds is 6. The van der Waals surface area contributed by atoms with E-state index in [9.17, 15) is 14.3 Å². The van der Waals surface area contributed by atoms with E-state index in [0.29, 0.717) is 5.56 Å². The van der Waals surface area contributed by atoms with Gasteiger partial charge in [0.15, 0.2) is 0 Å². The van der Waals surface area contributed by atoms with Crippen molar-refractivity contribution >= 4 is 21.8 Å². The van der Waals surface area contributed by atoms with Gasteiger partial charge in [-0.1, -0.05) is 26.7 Å². The number of hydrogen-bond donors (Lipinski definition) is 2. The number of benzene rings is 1. The van der Waals surface area contributed by atoms with Gasteiger partial charge in [0, 0.05) is 12.1 Å². The highest BCUT2D eigenvalue weighted by molar-refractivity contribution is 9.10. The van der Waals surface area contributed by atoms with Gasteiger partial charge in [-0.05, 0) is 40.0 Å². The fraction of sp³-hybridized carbons (Fsp3) is 0.500. The van der Waals surface area contributed by atoms with Crippen molar-refractivity contribution in [3.63, 3.8) is 0 Å². The summed E-state index contributed by atoms with van der Waals surface area (Å²) in [6, 6.07) is 4.07. The number of hydrogen-bond acceptors (Lipinski definition) is 2. The molecule has 106 valence electrons. The molecule has 1 rings (SSSR count). The highest BCUT2D eigenvalue weighted by Gasteiger charge is 2.17. The first kappa shape index (κ1) is 16.1. The largest absolute Gasteiger partial charge is 0.391 e. The molecule has 0 bridgehead atoms. The first-order valence-corrected chi connectivity index (χ1v) is 7.20. The third kappa shape index (κ3) is 4.58. The van der Waals surface area contributed by atoms with Crippen LogP contribution in [0.1, 0.15) is 37.0 Å². The van der Waals surface area contributed by atoms with Crippen molar-refractivity contribution in [3.05, 3.63) is 34.1 Å². The molecule has 0 aliphatic carbocycles. The monoisotopic (exact) mass is 331 g/mol. The van der Waals surface area contributed by atoms with Crippen LogP contribution in [-0.4, -0.2) is 23.7 Å². The molecular weight excluding hydrogens is 313 g/mol. The van der Waals surface area contributed by atoms with Crippen LogP contribution in [0.5, 0.6) is 0 Å². The zero-order chi connectivity index (χ0) is 14.4. The maximum absolute atomic E-state index is 13.1. The van der Waals surface area contributed by atoms with Gasteiger partial charge in [-0.25, -0.2) is 4.39 Å². The molecule has 0 aliphatic rings. The Bertz CT molecular complexity index is 435. The van der Waals surface area contributed by atoms with Crippen molar-refractivity contribution in [2.24, 2.45) is 5.92 Å². The minimum absolute atomic E-state index is 0.181. The summed E-state index contributed by atoms with van der Waals surface area (Å²) in [6.07, 6.45) is 1.19. The molecule has 1 aromatic carbocycles. The third-order valence-electron chi connectivity index (χ3n) is 3.25. The van der Waals surface area contributed by atoms with E-state index in [4.69, 9.17) is 0 Å². The number of carbonyl (C=O) groups is 1. The number of halogens is 2. The number of aliphatic hydroxyl groups excluding tert-OH is 1. The first-order chi connectivity index (χ1) is 8.99. The Kier molecular flexibility index (Phi) is 6.45. The van der Waals surface area contributed by atoms with E-state index in [1.54, 1.807) is 0 Å². The summed E-state index contributed by atoms with van der Waals surface area (Å²) in [7, 11) is 0. The van der Waals surface area contributed by atoms with Crippen LogP contribution in [0.25, 0.3) is 0 Å². The van der Waals surface area contributed by atoms with Crippen molar-refractivity contribution < 1.29 is 14.3 Å². The lowest BCUT2D eigenvalue weighted by atomic mass is 9.96. The van der Waals surface area contributed by atoms with Gasteiger partial charge < -0.3 is 10.4 Å². The Morgan fingerprint density at radius 3 is 2.58 bits per heavy atom. The van der Waals surface area contributed by atoms with Gasteiger partial charge in [0.1, 0.15) is 5.82 Å². The predicted octanol–water partition coefficient (Wildman–Crippen LogP) is 3.12. The summed E-state index contributed by atoms with van der Waals surface area (Å²) in [6.45, 7) is 4.23. The van der Waals surface area contributed by atoms with Crippen molar-refractivity contribution in [3.8, 4) is 0 Å². The van der Waals surface area contributed by atoms with Gasteiger partial charge >= 0.3 is 0 Å². The summed E-state index contributed by atoms with van der Waals surface area (Å²) in [4.78, 5) is 11.8. The van der Waals surface area contributed by atoms with Crippen LogP contribution < -0.4 is 5.32 Å². The maximum Gasteiger partial charge on any atom is 0.251 e. The minimum atomic E-state index is -0.553. The van der Waals surface area contributed by atoms with Gasteiger partial charge in [0.05, 0.1) is 10.6 Å². The van der Waals surface area contributed by atoms with Crippen LogP contribution in [0.15, 0.2) is 22.7 Å². The summed E-state index contributed by atoms with van der Waals surface area (Å²) in [5.74, 6) is -0.542. The van der Waals surface area contributed by atoms with E-state index in [1.165, 1.54) is 18.2 Å². The zero-order valence-electron chi connectivity index (χ0n) is 11.1.